The van der Waals surface area contributed by atoms with Gasteiger partial charge in [0, 0.05) is 23.5 Å². The van der Waals surface area contributed by atoms with Gasteiger partial charge < -0.3 is 14.7 Å². The Morgan fingerprint density at radius 1 is 1.44 bits per heavy atom. The van der Waals surface area contributed by atoms with Crippen molar-refractivity contribution in [2.24, 2.45) is 5.92 Å². The molecule has 25 heavy (non-hydrogen) atoms. The fraction of sp³-hybridized carbons (Fsp3) is 0.471. The second kappa shape index (κ2) is 7.70. The number of halogens is 2. The number of ether oxygens (including phenoxy) is 1. The van der Waals surface area contributed by atoms with E-state index in [2.05, 4.69) is 0 Å². The number of amides is 1. The Hall–Kier alpha value is -2.33. The number of carbonyl (C=O) groups excluding carboxylic acids is 1. The van der Waals surface area contributed by atoms with E-state index in [1.165, 1.54) is 17.0 Å². The average Bonchev–Trinajstić information content (AvgIpc) is 2.55. The summed E-state index contributed by atoms with van der Waals surface area (Å²) in [5.74, 6) is -2.46. The van der Waals surface area contributed by atoms with Gasteiger partial charge in [0.2, 0.25) is 0 Å². The molecule has 1 saturated heterocycles. The number of carbonyl (C=O) groups is 2. The van der Waals surface area contributed by atoms with Gasteiger partial charge in [0.25, 0.3) is 0 Å². The molecule has 0 saturated carbocycles. The lowest BCUT2D eigenvalue weighted by atomic mass is 9.64. The van der Waals surface area contributed by atoms with E-state index in [1.807, 2.05) is 6.07 Å². The summed E-state index contributed by atoms with van der Waals surface area (Å²) in [4.78, 5) is 24.7. The molecule has 1 aliphatic rings. The van der Waals surface area contributed by atoms with Crippen LogP contribution < -0.4 is 0 Å². The van der Waals surface area contributed by atoms with Gasteiger partial charge in [-0.15, -0.1) is 0 Å². The van der Waals surface area contributed by atoms with Crippen molar-refractivity contribution < 1.29 is 23.8 Å². The summed E-state index contributed by atoms with van der Waals surface area (Å²) >= 11 is 5.96. The molecule has 8 heteroatoms. The number of esters is 1. The summed E-state index contributed by atoms with van der Waals surface area (Å²) in [7, 11) is 0. The summed E-state index contributed by atoms with van der Waals surface area (Å²) in [6.45, 7) is 1.99. The molecule has 0 spiro atoms. The molecule has 1 fully saturated rings. The summed E-state index contributed by atoms with van der Waals surface area (Å²) in [5.41, 5.74) is -0.652. The molecule has 134 valence electrons. The minimum absolute atomic E-state index is 0.109. The third-order valence-corrected chi connectivity index (χ3v) is 4.79. The van der Waals surface area contributed by atoms with Gasteiger partial charge in [-0.2, -0.15) is 5.26 Å². The summed E-state index contributed by atoms with van der Waals surface area (Å²) in [5, 5.41) is 18.9. The van der Waals surface area contributed by atoms with E-state index < -0.39 is 29.2 Å². The summed E-state index contributed by atoms with van der Waals surface area (Å²) in [6.07, 6.45) is -0.692. The summed E-state index contributed by atoms with van der Waals surface area (Å²) in [6, 6.07) is 5.87. The van der Waals surface area contributed by atoms with Gasteiger partial charge in [0.05, 0.1) is 12.7 Å². The molecule has 0 radical (unpaired) electrons. The van der Waals surface area contributed by atoms with Crippen LogP contribution in [0, 0.1) is 23.1 Å². The maximum absolute atomic E-state index is 13.9. The number of hydrogen-bond donors (Lipinski definition) is 1. The van der Waals surface area contributed by atoms with E-state index in [1.54, 1.807) is 6.92 Å². The van der Waals surface area contributed by atoms with E-state index in [4.69, 9.17) is 21.4 Å². The highest BCUT2D eigenvalue weighted by atomic mass is 35.5. The number of likely N-dealkylation sites (tertiary alicyclic amines) is 1. The second-order valence-corrected chi connectivity index (χ2v) is 6.33. The zero-order chi connectivity index (χ0) is 18.6. The highest BCUT2D eigenvalue weighted by molar-refractivity contribution is 6.30. The topological polar surface area (TPSA) is 90.6 Å². The van der Waals surface area contributed by atoms with E-state index in [0.29, 0.717) is 5.56 Å². The van der Waals surface area contributed by atoms with Crippen molar-refractivity contribution >= 4 is 23.7 Å². The quantitative estimate of drug-likeness (QED) is 0.824. The largest absolute Gasteiger partial charge is 0.465 e. The predicted octanol–water partition coefficient (Wildman–Crippen LogP) is 3.19. The molecule has 6 nitrogen and oxygen atoms in total. The molecule has 2 rings (SSSR count). The molecule has 1 aliphatic heterocycles. The normalized spacial score (nSPS) is 17.4. The van der Waals surface area contributed by atoms with Crippen molar-refractivity contribution in [1.29, 1.82) is 5.26 Å². The van der Waals surface area contributed by atoms with E-state index in [-0.39, 0.29) is 37.6 Å². The molecule has 1 unspecified atom stereocenters. The first-order chi connectivity index (χ1) is 11.8. The monoisotopic (exact) mass is 368 g/mol. The van der Waals surface area contributed by atoms with Crippen molar-refractivity contribution in [2.45, 2.75) is 25.2 Å². The van der Waals surface area contributed by atoms with Crippen molar-refractivity contribution in [1.82, 2.24) is 4.90 Å². The predicted molar refractivity (Wildman–Crippen MR) is 87.7 cm³/mol. The van der Waals surface area contributed by atoms with Crippen LogP contribution in [0.3, 0.4) is 0 Å². The number of nitrogens with zero attached hydrogens (tertiary/aromatic N) is 2. The van der Waals surface area contributed by atoms with Crippen LogP contribution in [0.1, 0.15) is 25.3 Å². The van der Waals surface area contributed by atoms with Crippen molar-refractivity contribution in [2.75, 3.05) is 19.7 Å². The first kappa shape index (κ1) is 19.0. The van der Waals surface area contributed by atoms with Crippen LogP contribution >= 0.6 is 11.6 Å². The number of benzene rings is 1. The minimum Gasteiger partial charge on any atom is -0.465 e. The van der Waals surface area contributed by atoms with Gasteiger partial charge >= 0.3 is 12.1 Å². The minimum atomic E-state index is -1.18. The molecule has 0 bridgehead atoms. The molecule has 1 N–H and O–H groups in total. The van der Waals surface area contributed by atoms with E-state index >= 15 is 0 Å². The number of rotatable bonds is 4. The Morgan fingerprint density at radius 3 is 2.56 bits per heavy atom. The molecule has 1 aromatic rings. The van der Waals surface area contributed by atoms with Crippen LogP contribution in [0.4, 0.5) is 9.18 Å². The SMILES string of the molecule is CCOC(=O)C(C#N)C1(c2cc(F)cc(Cl)c2)CCN(C(=O)O)CC1. The number of hydrogen-bond acceptors (Lipinski definition) is 4. The van der Waals surface area contributed by atoms with Crippen LogP contribution in [0.5, 0.6) is 0 Å². The standard InChI is InChI=1S/C17H18ClFN2O4/c1-2-25-15(22)14(10-20)17(3-5-21(6-4-17)16(23)24)11-7-12(18)9-13(19)8-11/h7-9,14H,2-6H2,1H3,(H,23,24). The van der Waals surface area contributed by atoms with Crippen LogP contribution in [0.2, 0.25) is 5.02 Å². The highest BCUT2D eigenvalue weighted by Gasteiger charge is 2.48. The maximum Gasteiger partial charge on any atom is 0.407 e. The van der Waals surface area contributed by atoms with Crippen molar-refractivity contribution in [3.63, 3.8) is 0 Å². The molecular weight excluding hydrogens is 351 g/mol. The molecular formula is C17H18ClFN2O4. The molecule has 0 aromatic heterocycles. The first-order valence-electron chi connectivity index (χ1n) is 7.84. The Bertz CT molecular complexity index is 691. The molecule has 1 amide bonds. The Morgan fingerprint density at radius 2 is 2.08 bits per heavy atom. The summed E-state index contributed by atoms with van der Waals surface area (Å²) < 4.78 is 18.9. The maximum atomic E-state index is 13.9. The van der Waals surface area contributed by atoms with Crippen LogP contribution in [-0.4, -0.2) is 41.8 Å². The smallest absolute Gasteiger partial charge is 0.407 e. The lowest BCUT2D eigenvalue weighted by Gasteiger charge is -2.43. The number of piperidine rings is 1. The number of carboxylic acid groups (broad SMARTS) is 1. The lowest BCUT2D eigenvalue weighted by molar-refractivity contribution is -0.149. The first-order valence-corrected chi connectivity index (χ1v) is 8.22. The van der Waals surface area contributed by atoms with Crippen molar-refractivity contribution in [3.05, 3.63) is 34.6 Å². The Labute approximate surface area is 149 Å². The van der Waals surface area contributed by atoms with Gasteiger partial charge in [0.15, 0.2) is 5.92 Å². The fourth-order valence-corrected chi connectivity index (χ4v) is 3.53. The Balaban J connectivity index is 2.50. The zero-order valence-electron chi connectivity index (χ0n) is 13.7. The number of nitriles is 1. The van der Waals surface area contributed by atoms with Crippen LogP contribution in [0.25, 0.3) is 0 Å². The van der Waals surface area contributed by atoms with E-state index in [9.17, 15) is 19.2 Å². The van der Waals surface area contributed by atoms with Gasteiger partial charge in [-0.25, -0.2) is 9.18 Å². The van der Waals surface area contributed by atoms with Gasteiger partial charge in [0.1, 0.15) is 5.82 Å². The Kier molecular flexibility index (Phi) is 5.85. The highest BCUT2D eigenvalue weighted by Crippen LogP contribution is 2.43. The van der Waals surface area contributed by atoms with Gasteiger partial charge in [-0.3, -0.25) is 4.79 Å². The molecule has 1 heterocycles. The lowest BCUT2D eigenvalue weighted by Crippen LogP contribution is -2.50. The van der Waals surface area contributed by atoms with Crippen LogP contribution in [0.15, 0.2) is 18.2 Å². The van der Waals surface area contributed by atoms with E-state index in [0.717, 1.165) is 6.07 Å². The second-order valence-electron chi connectivity index (χ2n) is 5.90. The third kappa shape index (κ3) is 3.85. The molecule has 1 aromatic carbocycles. The van der Waals surface area contributed by atoms with Gasteiger partial charge in [-0.1, -0.05) is 11.6 Å². The fourth-order valence-electron chi connectivity index (χ4n) is 3.31. The van der Waals surface area contributed by atoms with Crippen molar-refractivity contribution in [3.8, 4) is 6.07 Å². The average molecular weight is 369 g/mol. The van der Waals surface area contributed by atoms with Crippen LogP contribution in [-0.2, 0) is 14.9 Å². The zero-order valence-corrected chi connectivity index (χ0v) is 14.4. The molecule has 1 atom stereocenters. The molecule has 0 aliphatic carbocycles. The van der Waals surface area contributed by atoms with Gasteiger partial charge in [-0.05, 0) is 43.5 Å². The third-order valence-electron chi connectivity index (χ3n) is 4.57.